The van der Waals surface area contributed by atoms with E-state index >= 15 is 0 Å². The van der Waals surface area contributed by atoms with Crippen molar-refractivity contribution in [1.82, 2.24) is 5.32 Å². The highest BCUT2D eigenvalue weighted by Crippen LogP contribution is 2.24. The van der Waals surface area contributed by atoms with E-state index in [1.54, 1.807) is 13.0 Å². The van der Waals surface area contributed by atoms with Crippen LogP contribution < -0.4 is 5.32 Å². The van der Waals surface area contributed by atoms with Gasteiger partial charge in [-0.05, 0) is 24.1 Å². The number of cyclic esters (lactones) is 1. The lowest BCUT2D eigenvalue weighted by Gasteiger charge is -2.25. The van der Waals surface area contributed by atoms with Gasteiger partial charge in [-0.1, -0.05) is 12.1 Å². The van der Waals surface area contributed by atoms with Crippen molar-refractivity contribution in [2.45, 2.75) is 19.4 Å². The Hall–Kier alpha value is -1.29. The number of alkyl carbamates (subject to hydrolysis) is 1. The summed E-state index contributed by atoms with van der Waals surface area (Å²) >= 11 is 0. The molecule has 0 saturated carbocycles. The number of nitrogens with one attached hydrogen (secondary N) is 1. The molecule has 1 aliphatic heterocycles. The second-order valence-electron chi connectivity index (χ2n) is 3.58. The minimum Gasteiger partial charge on any atom is -0.449 e. The summed E-state index contributed by atoms with van der Waals surface area (Å²) in [4.78, 5) is 11.0. The van der Waals surface area contributed by atoms with Gasteiger partial charge >= 0.3 is 6.09 Å². The number of carbonyl (C=O) groups is 1. The van der Waals surface area contributed by atoms with Crippen LogP contribution in [0.4, 0.5) is 9.18 Å². The molecule has 1 aliphatic rings. The van der Waals surface area contributed by atoms with E-state index in [4.69, 9.17) is 4.74 Å². The molecule has 1 N–H and O–H groups in total. The van der Waals surface area contributed by atoms with E-state index in [0.29, 0.717) is 18.6 Å². The summed E-state index contributed by atoms with van der Waals surface area (Å²) in [5, 5.41) is 2.67. The van der Waals surface area contributed by atoms with Gasteiger partial charge in [0.05, 0.1) is 12.6 Å². The van der Waals surface area contributed by atoms with Crippen molar-refractivity contribution in [1.29, 1.82) is 0 Å². The second kappa shape index (κ2) is 5.16. The zero-order chi connectivity index (χ0) is 10.8. The lowest BCUT2D eigenvalue weighted by Crippen LogP contribution is -2.35. The molecule has 0 bridgehead atoms. The number of hydrogen-bond donors (Lipinski definition) is 1. The van der Waals surface area contributed by atoms with E-state index in [2.05, 4.69) is 5.32 Å². The van der Waals surface area contributed by atoms with Gasteiger partial charge in [0.1, 0.15) is 5.82 Å². The van der Waals surface area contributed by atoms with E-state index in [1.807, 2.05) is 6.07 Å². The Morgan fingerprint density at radius 2 is 2.25 bits per heavy atom. The quantitative estimate of drug-likeness (QED) is 0.826. The molecule has 88 valence electrons. The van der Waals surface area contributed by atoms with Crippen LogP contribution in [0.15, 0.2) is 18.2 Å². The number of rotatable bonds is 1. The van der Waals surface area contributed by atoms with Crippen molar-refractivity contribution >= 4 is 18.5 Å². The van der Waals surface area contributed by atoms with E-state index in [0.717, 1.165) is 5.56 Å². The smallest absolute Gasteiger partial charge is 0.407 e. The molecule has 1 saturated heterocycles. The van der Waals surface area contributed by atoms with Crippen LogP contribution in [-0.4, -0.2) is 12.7 Å². The summed E-state index contributed by atoms with van der Waals surface area (Å²) in [6.45, 7) is 2.10. The third-order valence-corrected chi connectivity index (χ3v) is 2.62. The highest BCUT2D eigenvalue weighted by molar-refractivity contribution is 5.85. The van der Waals surface area contributed by atoms with Gasteiger partial charge in [-0.2, -0.15) is 0 Å². The first kappa shape index (κ1) is 12.8. The van der Waals surface area contributed by atoms with Gasteiger partial charge < -0.3 is 10.1 Å². The van der Waals surface area contributed by atoms with Crippen LogP contribution in [0.5, 0.6) is 0 Å². The van der Waals surface area contributed by atoms with Gasteiger partial charge in [0, 0.05) is 6.42 Å². The fourth-order valence-electron chi connectivity index (χ4n) is 1.76. The van der Waals surface area contributed by atoms with Crippen molar-refractivity contribution < 1.29 is 13.9 Å². The number of carbonyl (C=O) groups excluding carboxylic acids is 1. The Kier molecular flexibility index (Phi) is 4.12. The van der Waals surface area contributed by atoms with Crippen molar-refractivity contribution in [2.75, 3.05) is 6.61 Å². The van der Waals surface area contributed by atoms with Crippen LogP contribution in [0.25, 0.3) is 0 Å². The number of halogens is 2. The molecule has 1 aromatic carbocycles. The van der Waals surface area contributed by atoms with Crippen LogP contribution in [0.2, 0.25) is 0 Å². The molecule has 5 heteroatoms. The number of hydrogen-bond acceptors (Lipinski definition) is 2. The number of amides is 1. The molecule has 0 aliphatic carbocycles. The lowest BCUT2D eigenvalue weighted by atomic mass is 9.98. The van der Waals surface area contributed by atoms with Crippen molar-refractivity contribution in [3.05, 3.63) is 35.1 Å². The Labute approximate surface area is 99.4 Å². The van der Waals surface area contributed by atoms with Gasteiger partial charge in [0.2, 0.25) is 0 Å². The molecule has 0 unspecified atom stereocenters. The maximum atomic E-state index is 13.3. The first-order valence-corrected chi connectivity index (χ1v) is 4.87. The molecule has 1 heterocycles. The summed E-state index contributed by atoms with van der Waals surface area (Å²) in [7, 11) is 0. The summed E-state index contributed by atoms with van der Waals surface area (Å²) in [5.74, 6) is -0.242. The first-order valence-electron chi connectivity index (χ1n) is 4.87. The molecular formula is C11H13ClFNO2. The fraction of sp³-hybridized carbons (Fsp3) is 0.364. The molecular weight excluding hydrogens is 233 g/mol. The summed E-state index contributed by atoms with van der Waals surface area (Å²) < 4.78 is 18.0. The Balaban J connectivity index is 0.00000128. The molecule has 3 nitrogen and oxygen atoms in total. The van der Waals surface area contributed by atoms with Gasteiger partial charge in [-0.25, -0.2) is 9.18 Å². The molecule has 0 spiro atoms. The normalized spacial score (nSPS) is 19.4. The van der Waals surface area contributed by atoms with Crippen molar-refractivity contribution in [3.8, 4) is 0 Å². The highest BCUT2D eigenvalue weighted by atomic mass is 35.5. The van der Waals surface area contributed by atoms with Crippen LogP contribution in [0.1, 0.15) is 23.6 Å². The average molecular weight is 246 g/mol. The monoisotopic (exact) mass is 245 g/mol. The lowest BCUT2D eigenvalue weighted by molar-refractivity contribution is 0.115. The fourth-order valence-corrected chi connectivity index (χ4v) is 1.76. The standard InChI is InChI=1S/C11H12FNO2.ClH/c1-7-8(3-2-4-9(7)12)10-5-6-15-11(14)13-10;/h2-4,10H,5-6H2,1H3,(H,13,14);1H/t10-;/m0./s1. The van der Waals surface area contributed by atoms with Crippen molar-refractivity contribution in [2.24, 2.45) is 0 Å². The molecule has 0 aromatic heterocycles. The molecule has 0 radical (unpaired) electrons. The van der Waals surface area contributed by atoms with Gasteiger partial charge in [-0.3, -0.25) is 0 Å². The molecule has 1 amide bonds. The Bertz CT molecular complexity index is 398. The highest BCUT2D eigenvalue weighted by Gasteiger charge is 2.22. The van der Waals surface area contributed by atoms with E-state index < -0.39 is 6.09 Å². The van der Waals surface area contributed by atoms with Gasteiger partial charge in [0.15, 0.2) is 0 Å². The summed E-state index contributed by atoms with van der Waals surface area (Å²) in [5.41, 5.74) is 1.41. The maximum Gasteiger partial charge on any atom is 0.407 e. The van der Waals surface area contributed by atoms with E-state index in [9.17, 15) is 9.18 Å². The minimum atomic E-state index is -0.435. The van der Waals surface area contributed by atoms with Crippen LogP contribution in [-0.2, 0) is 4.74 Å². The Morgan fingerprint density at radius 1 is 1.50 bits per heavy atom. The van der Waals surface area contributed by atoms with Crippen LogP contribution >= 0.6 is 12.4 Å². The number of benzene rings is 1. The average Bonchev–Trinajstić information content (AvgIpc) is 2.22. The largest absolute Gasteiger partial charge is 0.449 e. The topological polar surface area (TPSA) is 38.3 Å². The minimum absolute atomic E-state index is 0. The number of ether oxygens (including phenoxy) is 1. The molecule has 1 fully saturated rings. The zero-order valence-electron chi connectivity index (χ0n) is 8.83. The summed E-state index contributed by atoms with van der Waals surface area (Å²) in [6.07, 6.45) is 0.241. The van der Waals surface area contributed by atoms with Crippen LogP contribution in [0, 0.1) is 12.7 Å². The Morgan fingerprint density at radius 3 is 2.94 bits per heavy atom. The predicted molar refractivity (Wildman–Crippen MR) is 60.2 cm³/mol. The summed E-state index contributed by atoms with van der Waals surface area (Å²) in [6, 6.07) is 4.76. The molecule has 1 atom stereocenters. The second-order valence-corrected chi connectivity index (χ2v) is 3.58. The molecule has 16 heavy (non-hydrogen) atoms. The zero-order valence-corrected chi connectivity index (χ0v) is 9.64. The van der Waals surface area contributed by atoms with Crippen molar-refractivity contribution in [3.63, 3.8) is 0 Å². The van der Waals surface area contributed by atoms with E-state index in [1.165, 1.54) is 6.07 Å². The first-order chi connectivity index (χ1) is 7.18. The molecule has 1 aromatic rings. The maximum absolute atomic E-state index is 13.3. The third-order valence-electron chi connectivity index (χ3n) is 2.62. The third kappa shape index (κ3) is 2.44. The van der Waals surface area contributed by atoms with Gasteiger partial charge in [0.25, 0.3) is 0 Å². The predicted octanol–water partition coefficient (Wildman–Crippen LogP) is 2.73. The van der Waals surface area contributed by atoms with Gasteiger partial charge in [-0.15, -0.1) is 12.4 Å². The SMILES string of the molecule is Cc1c(F)cccc1[C@@H]1CCOC(=O)N1.Cl. The molecule has 2 rings (SSSR count). The van der Waals surface area contributed by atoms with Crippen LogP contribution in [0.3, 0.4) is 0 Å². The van der Waals surface area contributed by atoms with E-state index in [-0.39, 0.29) is 24.3 Å².